The molecule has 0 radical (unpaired) electrons. The van der Waals surface area contributed by atoms with Crippen LogP contribution in [0.3, 0.4) is 0 Å². The summed E-state index contributed by atoms with van der Waals surface area (Å²) in [6.07, 6.45) is 3.46. The highest BCUT2D eigenvalue weighted by Gasteiger charge is 2.11. The van der Waals surface area contributed by atoms with E-state index in [4.69, 9.17) is 10.5 Å². The third kappa shape index (κ3) is 2.48. The second-order valence-corrected chi connectivity index (χ2v) is 3.76. The highest BCUT2D eigenvalue weighted by molar-refractivity contribution is 5.96. The summed E-state index contributed by atoms with van der Waals surface area (Å²) < 4.78 is 4.92. The maximum Gasteiger partial charge on any atom is 0.340 e. The van der Waals surface area contributed by atoms with Crippen molar-refractivity contribution in [1.29, 1.82) is 0 Å². The zero-order chi connectivity index (χ0) is 13.0. The van der Waals surface area contributed by atoms with Crippen LogP contribution in [0, 0.1) is 0 Å². The Balaban J connectivity index is 2.34. The molecule has 1 aromatic heterocycles. The van der Waals surface area contributed by atoms with E-state index in [9.17, 15) is 4.79 Å². The van der Waals surface area contributed by atoms with E-state index in [1.54, 1.807) is 31.5 Å². The summed E-state index contributed by atoms with van der Waals surface area (Å²) in [7, 11) is 0. The van der Waals surface area contributed by atoms with Crippen LogP contribution in [0.4, 0.5) is 5.69 Å². The Kier molecular flexibility index (Phi) is 3.57. The smallest absolute Gasteiger partial charge is 0.340 e. The van der Waals surface area contributed by atoms with E-state index in [0.29, 0.717) is 17.9 Å². The first-order chi connectivity index (χ1) is 8.72. The average molecular weight is 242 g/mol. The van der Waals surface area contributed by atoms with E-state index in [-0.39, 0.29) is 0 Å². The SMILES string of the molecule is CCOC(=O)c1ccc(-c2cccnc2)cc1N. The number of aromatic nitrogens is 1. The Morgan fingerprint density at radius 2 is 2.17 bits per heavy atom. The van der Waals surface area contributed by atoms with E-state index in [0.717, 1.165) is 11.1 Å². The number of esters is 1. The van der Waals surface area contributed by atoms with Crippen molar-refractivity contribution in [3.8, 4) is 11.1 Å². The molecule has 2 N–H and O–H groups in total. The van der Waals surface area contributed by atoms with Crippen LogP contribution in [0.1, 0.15) is 17.3 Å². The first-order valence-electron chi connectivity index (χ1n) is 5.69. The van der Waals surface area contributed by atoms with Crippen LogP contribution >= 0.6 is 0 Å². The van der Waals surface area contributed by atoms with Crippen LogP contribution in [-0.4, -0.2) is 17.6 Å². The second kappa shape index (κ2) is 5.31. The van der Waals surface area contributed by atoms with Gasteiger partial charge in [0.05, 0.1) is 12.2 Å². The van der Waals surface area contributed by atoms with Crippen molar-refractivity contribution in [2.45, 2.75) is 6.92 Å². The molecule has 0 aliphatic carbocycles. The molecule has 1 heterocycles. The standard InChI is InChI=1S/C14H14N2O2/c1-2-18-14(17)12-6-5-10(8-13(12)15)11-4-3-7-16-9-11/h3-9H,2,15H2,1H3. The van der Waals surface area contributed by atoms with Crippen LogP contribution in [0.5, 0.6) is 0 Å². The van der Waals surface area contributed by atoms with Crippen molar-refractivity contribution in [3.63, 3.8) is 0 Å². The van der Waals surface area contributed by atoms with Gasteiger partial charge in [-0.3, -0.25) is 4.98 Å². The third-order valence-electron chi connectivity index (χ3n) is 2.54. The quantitative estimate of drug-likeness (QED) is 0.663. The van der Waals surface area contributed by atoms with E-state index >= 15 is 0 Å². The lowest BCUT2D eigenvalue weighted by atomic mass is 10.0. The van der Waals surface area contributed by atoms with Crippen molar-refractivity contribution >= 4 is 11.7 Å². The van der Waals surface area contributed by atoms with Gasteiger partial charge in [-0.05, 0) is 30.7 Å². The van der Waals surface area contributed by atoms with Crippen LogP contribution < -0.4 is 5.73 Å². The predicted molar refractivity (Wildman–Crippen MR) is 70.0 cm³/mol. The first-order valence-corrected chi connectivity index (χ1v) is 5.69. The van der Waals surface area contributed by atoms with Crippen LogP contribution in [0.15, 0.2) is 42.7 Å². The molecule has 2 rings (SSSR count). The molecule has 0 unspecified atom stereocenters. The molecule has 18 heavy (non-hydrogen) atoms. The number of benzene rings is 1. The fourth-order valence-corrected chi connectivity index (χ4v) is 1.67. The second-order valence-electron chi connectivity index (χ2n) is 3.76. The summed E-state index contributed by atoms with van der Waals surface area (Å²) in [5.41, 5.74) is 8.56. The van der Waals surface area contributed by atoms with Crippen molar-refractivity contribution in [1.82, 2.24) is 4.98 Å². The van der Waals surface area contributed by atoms with E-state index < -0.39 is 5.97 Å². The van der Waals surface area contributed by atoms with Crippen LogP contribution in [0.2, 0.25) is 0 Å². The monoisotopic (exact) mass is 242 g/mol. The Labute approximate surface area is 105 Å². The van der Waals surface area contributed by atoms with Gasteiger partial charge in [-0.1, -0.05) is 12.1 Å². The molecule has 1 aromatic carbocycles. The normalized spacial score (nSPS) is 10.1. The third-order valence-corrected chi connectivity index (χ3v) is 2.54. The summed E-state index contributed by atoms with van der Waals surface area (Å²) in [6.45, 7) is 2.10. The molecule has 0 amide bonds. The summed E-state index contributed by atoms with van der Waals surface area (Å²) >= 11 is 0. The van der Waals surface area contributed by atoms with Crippen molar-refractivity contribution in [2.75, 3.05) is 12.3 Å². The molecule has 0 aliphatic rings. The number of anilines is 1. The summed E-state index contributed by atoms with van der Waals surface area (Å²) in [5, 5.41) is 0. The van der Waals surface area contributed by atoms with Crippen LogP contribution in [-0.2, 0) is 4.74 Å². The van der Waals surface area contributed by atoms with E-state index in [1.165, 1.54) is 0 Å². The van der Waals surface area contributed by atoms with Crippen molar-refractivity contribution < 1.29 is 9.53 Å². The number of hydrogen-bond donors (Lipinski definition) is 1. The Morgan fingerprint density at radius 1 is 1.33 bits per heavy atom. The maximum absolute atomic E-state index is 11.6. The minimum atomic E-state index is -0.396. The molecule has 92 valence electrons. The number of carbonyl (C=O) groups excluding carboxylic acids is 1. The van der Waals surface area contributed by atoms with Crippen molar-refractivity contribution in [2.24, 2.45) is 0 Å². The Bertz CT molecular complexity index is 553. The molecule has 0 atom stereocenters. The average Bonchev–Trinajstić information content (AvgIpc) is 2.40. The Morgan fingerprint density at radius 3 is 2.78 bits per heavy atom. The number of ether oxygens (including phenoxy) is 1. The number of rotatable bonds is 3. The van der Waals surface area contributed by atoms with Gasteiger partial charge in [-0.25, -0.2) is 4.79 Å². The topological polar surface area (TPSA) is 65.2 Å². The number of hydrogen-bond acceptors (Lipinski definition) is 4. The van der Waals surface area contributed by atoms with Gasteiger partial charge in [0.2, 0.25) is 0 Å². The largest absolute Gasteiger partial charge is 0.462 e. The number of pyridine rings is 1. The Hall–Kier alpha value is -2.36. The molecule has 0 spiro atoms. The van der Waals surface area contributed by atoms with Gasteiger partial charge in [-0.15, -0.1) is 0 Å². The lowest BCUT2D eigenvalue weighted by molar-refractivity contribution is 0.0527. The minimum Gasteiger partial charge on any atom is -0.462 e. The predicted octanol–water partition coefficient (Wildman–Crippen LogP) is 2.51. The first kappa shape index (κ1) is 12.1. The summed E-state index contributed by atoms with van der Waals surface area (Å²) in [4.78, 5) is 15.6. The molecule has 0 aliphatic heterocycles. The molecule has 0 saturated heterocycles. The minimum absolute atomic E-state index is 0.336. The van der Waals surface area contributed by atoms with E-state index in [2.05, 4.69) is 4.98 Å². The van der Waals surface area contributed by atoms with Gasteiger partial charge in [0.1, 0.15) is 0 Å². The number of carbonyl (C=O) groups is 1. The highest BCUT2D eigenvalue weighted by atomic mass is 16.5. The van der Waals surface area contributed by atoms with Gasteiger partial charge in [0.15, 0.2) is 0 Å². The molecular weight excluding hydrogens is 228 g/mol. The summed E-state index contributed by atoms with van der Waals surface area (Å²) in [6, 6.07) is 9.05. The fraction of sp³-hybridized carbons (Fsp3) is 0.143. The van der Waals surface area contributed by atoms with Gasteiger partial charge in [0, 0.05) is 23.6 Å². The molecule has 4 nitrogen and oxygen atoms in total. The highest BCUT2D eigenvalue weighted by Crippen LogP contribution is 2.23. The number of nitrogen functional groups attached to an aromatic ring is 1. The lowest BCUT2D eigenvalue weighted by Gasteiger charge is -2.07. The molecule has 0 fully saturated rings. The molecular formula is C14H14N2O2. The molecule has 4 heteroatoms. The lowest BCUT2D eigenvalue weighted by Crippen LogP contribution is -2.07. The van der Waals surface area contributed by atoms with Gasteiger partial charge in [0.25, 0.3) is 0 Å². The van der Waals surface area contributed by atoms with Crippen molar-refractivity contribution in [3.05, 3.63) is 48.3 Å². The molecule has 2 aromatic rings. The fourth-order valence-electron chi connectivity index (χ4n) is 1.67. The zero-order valence-electron chi connectivity index (χ0n) is 10.1. The van der Waals surface area contributed by atoms with Gasteiger partial charge >= 0.3 is 5.97 Å². The van der Waals surface area contributed by atoms with Gasteiger partial charge < -0.3 is 10.5 Å². The summed E-state index contributed by atoms with van der Waals surface area (Å²) in [5.74, 6) is -0.396. The molecule has 0 saturated carbocycles. The number of nitrogens with zero attached hydrogens (tertiary/aromatic N) is 1. The van der Waals surface area contributed by atoms with Crippen LogP contribution in [0.25, 0.3) is 11.1 Å². The zero-order valence-corrected chi connectivity index (χ0v) is 10.1. The maximum atomic E-state index is 11.6. The number of nitrogens with two attached hydrogens (primary N) is 1. The van der Waals surface area contributed by atoms with Gasteiger partial charge in [-0.2, -0.15) is 0 Å². The molecule has 0 bridgehead atoms. The van der Waals surface area contributed by atoms with E-state index in [1.807, 2.05) is 18.2 Å².